The van der Waals surface area contributed by atoms with Crippen LogP contribution in [-0.2, 0) is 4.79 Å². The number of fused-ring (bicyclic) bond motifs is 5. The molecule has 0 aromatic carbocycles. The standard InChI is InChI=1S/C28H48O2/c1-7-26(3,4)14-12-18(2)21-10-11-22-20-16-25(30)24-9-8-19(29)17-28(24,6)23(20)13-15-27(21,22)5/h18-24,29H,7-17H2,1-6H3/t18?,19-,20-,21+,22-,23-,24+,27+,28+/m0/s1. The van der Waals surface area contributed by atoms with Gasteiger partial charge in [-0.2, -0.15) is 0 Å². The molecule has 0 heterocycles. The fraction of sp³-hybridized carbons (Fsp3) is 0.964. The van der Waals surface area contributed by atoms with E-state index in [9.17, 15) is 9.90 Å². The number of hydrogen-bond donors (Lipinski definition) is 1. The zero-order chi connectivity index (χ0) is 21.9. The van der Waals surface area contributed by atoms with E-state index in [4.69, 9.17) is 0 Å². The summed E-state index contributed by atoms with van der Waals surface area (Å²) in [4.78, 5) is 13.3. The van der Waals surface area contributed by atoms with Gasteiger partial charge in [0, 0.05) is 12.3 Å². The second kappa shape index (κ2) is 7.89. The summed E-state index contributed by atoms with van der Waals surface area (Å²) in [6.45, 7) is 14.7. The third kappa shape index (κ3) is 3.61. The van der Waals surface area contributed by atoms with Gasteiger partial charge in [0.05, 0.1) is 6.10 Å². The molecule has 2 heteroatoms. The second-order valence-corrected chi connectivity index (χ2v) is 13.3. The van der Waals surface area contributed by atoms with E-state index in [-0.39, 0.29) is 17.4 Å². The average molecular weight is 417 g/mol. The summed E-state index contributed by atoms with van der Waals surface area (Å²) in [6, 6.07) is 0. The van der Waals surface area contributed by atoms with Crippen LogP contribution in [0.4, 0.5) is 0 Å². The first kappa shape index (κ1) is 22.8. The molecule has 4 rings (SSSR count). The first-order valence-electron chi connectivity index (χ1n) is 13.2. The molecule has 4 aliphatic carbocycles. The van der Waals surface area contributed by atoms with Crippen LogP contribution >= 0.6 is 0 Å². The van der Waals surface area contributed by atoms with Gasteiger partial charge in [0.15, 0.2) is 0 Å². The van der Waals surface area contributed by atoms with E-state index in [1.54, 1.807) is 0 Å². The summed E-state index contributed by atoms with van der Waals surface area (Å²) in [5.74, 6) is 4.34. The Kier molecular flexibility index (Phi) is 6.00. The van der Waals surface area contributed by atoms with E-state index >= 15 is 0 Å². The summed E-state index contributed by atoms with van der Waals surface area (Å²) >= 11 is 0. The molecule has 0 bridgehead atoms. The van der Waals surface area contributed by atoms with Gasteiger partial charge in [-0.15, -0.1) is 0 Å². The third-order valence-electron chi connectivity index (χ3n) is 11.4. The minimum Gasteiger partial charge on any atom is -0.393 e. The van der Waals surface area contributed by atoms with Gasteiger partial charge in [-0.1, -0.05) is 48.0 Å². The molecule has 2 nitrogen and oxygen atoms in total. The highest BCUT2D eigenvalue weighted by Crippen LogP contribution is 2.67. The van der Waals surface area contributed by atoms with Crippen LogP contribution in [0.2, 0.25) is 0 Å². The van der Waals surface area contributed by atoms with Gasteiger partial charge >= 0.3 is 0 Å². The lowest BCUT2D eigenvalue weighted by Crippen LogP contribution is -2.57. The number of aliphatic hydroxyl groups is 1. The van der Waals surface area contributed by atoms with Crippen LogP contribution in [0.25, 0.3) is 0 Å². The molecule has 0 radical (unpaired) electrons. The van der Waals surface area contributed by atoms with Crippen molar-refractivity contribution in [3.8, 4) is 0 Å². The van der Waals surface area contributed by atoms with Crippen LogP contribution in [-0.4, -0.2) is 17.0 Å². The Balaban J connectivity index is 1.52. The predicted molar refractivity (Wildman–Crippen MR) is 124 cm³/mol. The van der Waals surface area contributed by atoms with Crippen LogP contribution in [0.3, 0.4) is 0 Å². The van der Waals surface area contributed by atoms with Gasteiger partial charge in [-0.05, 0) is 104 Å². The summed E-state index contributed by atoms with van der Waals surface area (Å²) < 4.78 is 0. The van der Waals surface area contributed by atoms with E-state index in [0.29, 0.717) is 28.4 Å². The number of Topliss-reactive ketones (excluding diaryl/α,β-unsaturated/α-hetero) is 1. The maximum Gasteiger partial charge on any atom is 0.136 e. The minimum atomic E-state index is -0.190. The van der Waals surface area contributed by atoms with Crippen molar-refractivity contribution in [2.45, 2.75) is 118 Å². The smallest absolute Gasteiger partial charge is 0.136 e. The molecular formula is C28H48O2. The Morgan fingerprint density at radius 2 is 1.77 bits per heavy atom. The van der Waals surface area contributed by atoms with Gasteiger partial charge in [0.1, 0.15) is 5.78 Å². The van der Waals surface area contributed by atoms with Gasteiger partial charge in [0.25, 0.3) is 0 Å². The summed E-state index contributed by atoms with van der Waals surface area (Å²) in [6.07, 6.45) is 12.6. The first-order valence-corrected chi connectivity index (χ1v) is 13.2. The van der Waals surface area contributed by atoms with Crippen molar-refractivity contribution >= 4 is 5.78 Å². The van der Waals surface area contributed by atoms with E-state index < -0.39 is 0 Å². The predicted octanol–water partition coefficient (Wildman–Crippen LogP) is 7.04. The number of carbonyl (C=O) groups is 1. The maximum absolute atomic E-state index is 13.3. The number of carbonyl (C=O) groups excluding carboxylic acids is 1. The van der Waals surface area contributed by atoms with Crippen molar-refractivity contribution in [1.29, 1.82) is 0 Å². The molecule has 9 atom stereocenters. The fourth-order valence-corrected chi connectivity index (χ4v) is 9.12. The largest absolute Gasteiger partial charge is 0.393 e. The van der Waals surface area contributed by atoms with E-state index in [1.807, 2.05) is 0 Å². The molecule has 0 spiro atoms. The van der Waals surface area contributed by atoms with Gasteiger partial charge in [0.2, 0.25) is 0 Å². The Hall–Kier alpha value is -0.370. The number of hydrogen-bond acceptors (Lipinski definition) is 2. The van der Waals surface area contributed by atoms with Crippen LogP contribution in [0.1, 0.15) is 112 Å². The minimum absolute atomic E-state index is 0.0495. The van der Waals surface area contributed by atoms with Gasteiger partial charge in [-0.25, -0.2) is 0 Å². The molecule has 0 aromatic rings. The highest BCUT2D eigenvalue weighted by atomic mass is 16.3. The molecule has 4 aliphatic rings. The molecule has 4 saturated carbocycles. The van der Waals surface area contributed by atoms with Crippen molar-refractivity contribution in [3.63, 3.8) is 0 Å². The molecule has 30 heavy (non-hydrogen) atoms. The molecule has 1 unspecified atom stereocenters. The zero-order valence-electron chi connectivity index (χ0n) is 20.7. The van der Waals surface area contributed by atoms with Crippen LogP contribution in [0.5, 0.6) is 0 Å². The van der Waals surface area contributed by atoms with Gasteiger partial charge < -0.3 is 5.11 Å². The maximum atomic E-state index is 13.3. The molecule has 4 fully saturated rings. The Labute approximate surface area is 186 Å². The molecule has 0 saturated heterocycles. The van der Waals surface area contributed by atoms with Crippen LogP contribution in [0.15, 0.2) is 0 Å². The SMILES string of the molecule is CCC(C)(C)CCC(C)[C@H]1CC[C@H]2[C@@H]3CC(=O)[C@H]4CC[C@H](O)C[C@]4(C)[C@H]3CC[C@]12C. The topological polar surface area (TPSA) is 37.3 Å². The highest BCUT2D eigenvalue weighted by molar-refractivity contribution is 5.83. The summed E-state index contributed by atoms with van der Waals surface area (Å²) in [5.41, 5.74) is 0.938. The zero-order valence-corrected chi connectivity index (χ0v) is 20.7. The lowest BCUT2D eigenvalue weighted by atomic mass is 9.44. The number of rotatable bonds is 5. The molecule has 172 valence electrons. The first-order chi connectivity index (χ1) is 14.0. The summed E-state index contributed by atoms with van der Waals surface area (Å²) in [7, 11) is 0. The van der Waals surface area contributed by atoms with Crippen molar-refractivity contribution in [2.75, 3.05) is 0 Å². The Morgan fingerprint density at radius 1 is 1.07 bits per heavy atom. The average Bonchev–Trinajstić information content (AvgIpc) is 3.03. The van der Waals surface area contributed by atoms with Crippen molar-refractivity contribution < 1.29 is 9.90 Å². The fourth-order valence-electron chi connectivity index (χ4n) is 9.12. The summed E-state index contributed by atoms with van der Waals surface area (Å²) in [5, 5.41) is 10.5. The lowest BCUT2D eigenvalue weighted by molar-refractivity contribution is -0.160. The van der Waals surface area contributed by atoms with Crippen molar-refractivity contribution in [1.82, 2.24) is 0 Å². The van der Waals surface area contributed by atoms with E-state index in [0.717, 1.165) is 43.4 Å². The van der Waals surface area contributed by atoms with Crippen LogP contribution in [0, 0.1) is 51.8 Å². The molecule has 0 aliphatic heterocycles. The van der Waals surface area contributed by atoms with Crippen LogP contribution < -0.4 is 0 Å². The Bertz CT molecular complexity index is 653. The molecular weight excluding hydrogens is 368 g/mol. The van der Waals surface area contributed by atoms with E-state index in [2.05, 4.69) is 41.5 Å². The number of ketones is 1. The quantitative estimate of drug-likeness (QED) is 0.522. The normalized spacial score (nSPS) is 47.4. The monoisotopic (exact) mass is 416 g/mol. The van der Waals surface area contributed by atoms with Crippen molar-refractivity contribution in [2.24, 2.45) is 51.8 Å². The second-order valence-electron chi connectivity index (χ2n) is 13.3. The molecule has 0 aromatic heterocycles. The van der Waals surface area contributed by atoms with Crippen molar-refractivity contribution in [3.05, 3.63) is 0 Å². The molecule has 1 N–H and O–H groups in total. The number of aliphatic hydroxyl groups excluding tert-OH is 1. The highest BCUT2D eigenvalue weighted by Gasteiger charge is 2.62. The third-order valence-corrected chi connectivity index (χ3v) is 11.4. The Morgan fingerprint density at radius 3 is 2.47 bits per heavy atom. The van der Waals surface area contributed by atoms with E-state index in [1.165, 1.54) is 44.9 Å². The lowest BCUT2D eigenvalue weighted by Gasteiger charge is -2.60. The molecule has 0 amide bonds. The van der Waals surface area contributed by atoms with Gasteiger partial charge in [-0.3, -0.25) is 4.79 Å².